The third-order valence-corrected chi connectivity index (χ3v) is 7.36. The number of likely N-dealkylation sites (tertiary alicyclic amines) is 1. The van der Waals surface area contributed by atoms with Gasteiger partial charge in [-0.3, -0.25) is 14.3 Å². The lowest BCUT2D eigenvalue weighted by molar-refractivity contribution is -0.183. The van der Waals surface area contributed by atoms with E-state index in [-0.39, 0.29) is 36.4 Å². The van der Waals surface area contributed by atoms with Crippen LogP contribution >= 0.6 is 0 Å². The zero-order valence-electron chi connectivity index (χ0n) is 20.8. The maximum Gasteiger partial charge on any atom is 0.408 e. The van der Waals surface area contributed by atoms with E-state index in [0.717, 1.165) is 5.71 Å². The van der Waals surface area contributed by atoms with Gasteiger partial charge in [-0.15, -0.1) is 10.2 Å². The number of nitrogens with zero attached hydrogens (tertiary/aromatic N) is 7. The van der Waals surface area contributed by atoms with Crippen LogP contribution in [0, 0.1) is 5.82 Å². The predicted octanol–water partition coefficient (Wildman–Crippen LogP) is 4.12. The zero-order valence-corrected chi connectivity index (χ0v) is 20.8. The number of likely N-dealkylation sites (N-methyl/N-ethyl adjacent to an activating group) is 1. The molecule has 8 nitrogen and oxygen atoms in total. The van der Waals surface area contributed by atoms with Gasteiger partial charge in [0, 0.05) is 61.5 Å². The number of benzene rings is 1. The number of halogens is 4. The van der Waals surface area contributed by atoms with Crippen molar-refractivity contribution in [2.45, 2.75) is 37.5 Å². The smallest absolute Gasteiger partial charge is 0.326 e. The number of alkyl halides is 3. The molecule has 1 unspecified atom stereocenters. The van der Waals surface area contributed by atoms with Crippen LogP contribution in [0.4, 0.5) is 17.6 Å². The van der Waals surface area contributed by atoms with Crippen LogP contribution in [0.1, 0.15) is 36.4 Å². The first-order valence-electron chi connectivity index (χ1n) is 12.4. The fraction of sp³-hybridized carbons (Fsp3) is 0.385. The van der Waals surface area contributed by atoms with Crippen molar-refractivity contribution in [3.63, 3.8) is 0 Å². The number of hydrogen-bond acceptors (Lipinski definition) is 7. The molecular weight excluding hydrogens is 500 g/mol. The number of pyridine rings is 2. The van der Waals surface area contributed by atoms with E-state index in [1.165, 1.54) is 33.7 Å². The molecule has 38 heavy (non-hydrogen) atoms. The molecule has 0 amide bonds. The van der Waals surface area contributed by atoms with Gasteiger partial charge in [-0.05, 0) is 43.2 Å². The average Bonchev–Trinajstić information content (AvgIpc) is 3.55. The van der Waals surface area contributed by atoms with Gasteiger partial charge in [0.2, 0.25) is 0 Å². The molecule has 2 aliphatic heterocycles. The Balaban J connectivity index is 1.42. The first kappa shape index (κ1) is 24.7. The van der Waals surface area contributed by atoms with Gasteiger partial charge in [0.05, 0.1) is 5.52 Å². The van der Waals surface area contributed by atoms with Crippen LogP contribution in [0.15, 0.2) is 47.7 Å². The van der Waals surface area contributed by atoms with Crippen molar-refractivity contribution in [1.29, 1.82) is 0 Å². The summed E-state index contributed by atoms with van der Waals surface area (Å²) in [7, 11) is 1.84. The standard InChI is InChI=1S/C26H26F4N8/c1-14-19(13-36(2)35-14)18-10-22-15(9-20(18)27)3-5-21(32-22)25-34-33-23-6-4-16(11-38(23)25)24(26(28,29)30)37-8-7-17(31)12-37/h3-6,9-11,17,19,24H,7-8,12-13,31H2,1-2H3/t17-,19?,24+/m0/s1. The van der Waals surface area contributed by atoms with E-state index in [2.05, 4.69) is 15.3 Å². The topological polar surface area (TPSA) is 87.9 Å². The highest BCUT2D eigenvalue weighted by Gasteiger charge is 2.46. The summed E-state index contributed by atoms with van der Waals surface area (Å²) in [4.78, 5) is 6.07. The van der Waals surface area contributed by atoms with Crippen LogP contribution in [0.5, 0.6) is 0 Å². The Morgan fingerprint density at radius 2 is 1.89 bits per heavy atom. The van der Waals surface area contributed by atoms with Gasteiger partial charge in [0.1, 0.15) is 17.6 Å². The molecule has 2 N–H and O–H groups in total. The summed E-state index contributed by atoms with van der Waals surface area (Å²) in [6, 6.07) is 7.42. The lowest BCUT2D eigenvalue weighted by Crippen LogP contribution is -2.38. The van der Waals surface area contributed by atoms with Gasteiger partial charge in [-0.2, -0.15) is 18.3 Å². The summed E-state index contributed by atoms with van der Waals surface area (Å²) < 4.78 is 59.1. The van der Waals surface area contributed by atoms with E-state index in [4.69, 9.17) is 10.7 Å². The monoisotopic (exact) mass is 526 g/mol. The van der Waals surface area contributed by atoms with Gasteiger partial charge in [-0.1, -0.05) is 12.1 Å². The second-order valence-corrected chi connectivity index (χ2v) is 10.1. The van der Waals surface area contributed by atoms with Crippen molar-refractivity contribution >= 4 is 22.3 Å². The fourth-order valence-corrected chi connectivity index (χ4v) is 5.55. The van der Waals surface area contributed by atoms with E-state index in [1.807, 2.05) is 14.0 Å². The molecule has 0 aliphatic carbocycles. The van der Waals surface area contributed by atoms with E-state index < -0.39 is 12.2 Å². The molecule has 12 heteroatoms. The molecule has 4 aromatic rings. The Bertz CT molecular complexity index is 1560. The van der Waals surface area contributed by atoms with E-state index in [1.54, 1.807) is 23.2 Å². The van der Waals surface area contributed by atoms with Crippen molar-refractivity contribution in [2.75, 3.05) is 26.7 Å². The number of aromatic nitrogens is 4. The summed E-state index contributed by atoms with van der Waals surface area (Å²) in [6.45, 7) is 2.87. The van der Waals surface area contributed by atoms with Crippen LogP contribution in [0.2, 0.25) is 0 Å². The highest BCUT2D eigenvalue weighted by Crippen LogP contribution is 2.39. The summed E-state index contributed by atoms with van der Waals surface area (Å²) in [5.41, 5.74) is 8.65. The molecule has 0 spiro atoms. The third-order valence-electron chi connectivity index (χ3n) is 7.36. The quantitative estimate of drug-likeness (QED) is 0.403. The second-order valence-electron chi connectivity index (χ2n) is 10.1. The third kappa shape index (κ3) is 4.27. The van der Waals surface area contributed by atoms with Gasteiger partial charge in [-0.25, -0.2) is 9.37 Å². The minimum Gasteiger partial charge on any atom is -0.326 e. The Labute approximate surface area is 215 Å². The van der Waals surface area contributed by atoms with Crippen molar-refractivity contribution in [3.8, 4) is 11.5 Å². The maximum absolute atomic E-state index is 15.0. The molecule has 2 aliphatic rings. The lowest BCUT2D eigenvalue weighted by atomic mass is 9.94. The summed E-state index contributed by atoms with van der Waals surface area (Å²) in [5.74, 6) is -0.226. The Morgan fingerprint density at radius 3 is 2.58 bits per heavy atom. The summed E-state index contributed by atoms with van der Waals surface area (Å²) in [5, 5.41) is 15.1. The van der Waals surface area contributed by atoms with Crippen LogP contribution in [0.25, 0.3) is 28.1 Å². The van der Waals surface area contributed by atoms with Crippen LogP contribution in [0.3, 0.4) is 0 Å². The normalized spacial score (nSPS) is 21.6. The Hall–Kier alpha value is -3.64. The van der Waals surface area contributed by atoms with Gasteiger partial charge >= 0.3 is 6.18 Å². The predicted molar refractivity (Wildman–Crippen MR) is 135 cm³/mol. The fourth-order valence-electron chi connectivity index (χ4n) is 5.55. The number of hydrogen-bond donors (Lipinski definition) is 1. The molecule has 0 saturated carbocycles. The van der Waals surface area contributed by atoms with E-state index in [0.29, 0.717) is 46.6 Å². The summed E-state index contributed by atoms with van der Waals surface area (Å²) >= 11 is 0. The molecule has 0 radical (unpaired) electrons. The molecule has 1 aromatic carbocycles. The van der Waals surface area contributed by atoms with Crippen LogP contribution in [-0.2, 0) is 0 Å². The van der Waals surface area contributed by atoms with E-state index >= 15 is 0 Å². The number of nitrogens with two attached hydrogens (primary N) is 1. The molecule has 3 atom stereocenters. The average molecular weight is 527 g/mol. The Kier molecular flexibility index (Phi) is 5.84. The highest BCUT2D eigenvalue weighted by atomic mass is 19.4. The molecule has 198 valence electrons. The van der Waals surface area contributed by atoms with Gasteiger partial charge < -0.3 is 5.73 Å². The number of fused-ring (bicyclic) bond motifs is 2. The molecule has 0 bridgehead atoms. The van der Waals surface area contributed by atoms with Crippen molar-refractivity contribution < 1.29 is 17.6 Å². The molecular formula is C26H26F4N8. The van der Waals surface area contributed by atoms with E-state index in [9.17, 15) is 17.6 Å². The van der Waals surface area contributed by atoms with Crippen molar-refractivity contribution in [2.24, 2.45) is 10.8 Å². The first-order valence-corrected chi connectivity index (χ1v) is 12.4. The minimum absolute atomic E-state index is 0.0745. The van der Waals surface area contributed by atoms with Crippen molar-refractivity contribution in [3.05, 3.63) is 59.5 Å². The molecule has 5 heterocycles. The van der Waals surface area contributed by atoms with Gasteiger partial charge in [0.25, 0.3) is 0 Å². The SMILES string of the molecule is CC1=NN(C)CC1c1cc2nc(-c3nnc4ccc([C@@H](N5CC[C@H](N)C5)C(F)(F)F)cn34)ccc2cc1F. The molecule has 1 fully saturated rings. The summed E-state index contributed by atoms with van der Waals surface area (Å²) in [6.07, 6.45) is -2.55. The highest BCUT2D eigenvalue weighted by molar-refractivity contribution is 5.92. The largest absolute Gasteiger partial charge is 0.408 e. The second kappa shape index (κ2) is 8.98. The van der Waals surface area contributed by atoms with Gasteiger partial charge in [0.15, 0.2) is 11.5 Å². The molecule has 6 rings (SSSR count). The lowest BCUT2D eigenvalue weighted by Gasteiger charge is -2.30. The molecule has 1 saturated heterocycles. The maximum atomic E-state index is 15.0. The van der Waals surface area contributed by atoms with Crippen molar-refractivity contribution in [1.82, 2.24) is 29.5 Å². The minimum atomic E-state index is -4.48. The molecule has 3 aromatic heterocycles. The number of rotatable bonds is 4. The number of hydrazone groups is 1. The zero-order chi connectivity index (χ0) is 26.8. The van der Waals surface area contributed by atoms with Crippen LogP contribution < -0.4 is 5.73 Å². The van der Waals surface area contributed by atoms with Crippen LogP contribution in [-0.4, -0.2) is 74.1 Å². The first-order chi connectivity index (χ1) is 18.1. The Morgan fingerprint density at radius 1 is 1.08 bits per heavy atom.